The van der Waals surface area contributed by atoms with Gasteiger partial charge in [-0.15, -0.1) is 0 Å². The molecule has 0 saturated carbocycles. The predicted octanol–water partition coefficient (Wildman–Crippen LogP) is 1.37. The summed E-state index contributed by atoms with van der Waals surface area (Å²) < 4.78 is 5.04. The summed E-state index contributed by atoms with van der Waals surface area (Å²) in [5, 5.41) is 3.01. The normalized spacial score (nSPS) is 10.4. The molecule has 0 aliphatic heterocycles. The molecule has 0 aliphatic carbocycles. The number of amides is 1. The number of ether oxygens (including phenoxy) is 1. The van der Waals surface area contributed by atoms with Gasteiger partial charge < -0.3 is 15.0 Å². The number of nitrogens with one attached hydrogen (secondary N) is 2. The van der Waals surface area contributed by atoms with Crippen molar-refractivity contribution < 1.29 is 9.53 Å². The molecule has 0 saturated heterocycles. The number of H-pyrrole nitrogens is 1. The summed E-state index contributed by atoms with van der Waals surface area (Å²) >= 11 is 1.34. The molecule has 0 unspecified atom stereocenters. The molecule has 2 N–H and O–H groups in total. The van der Waals surface area contributed by atoms with E-state index < -0.39 is 11.7 Å². The number of nitrogens with zero attached hydrogens (tertiary/aromatic N) is 1. The Morgan fingerprint density at radius 1 is 1.55 bits per heavy atom. The molecule has 0 spiro atoms. The summed E-state index contributed by atoms with van der Waals surface area (Å²) in [5.74, 6) is 5.31. The van der Waals surface area contributed by atoms with E-state index in [-0.39, 0.29) is 17.7 Å². The first kappa shape index (κ1) is 16.1. The van der Waals surface area contributed by atoms with Crippen LogP contribution in [-0.2, 0) is 4.74 Å². The lowest BCUT2D eigenvalue weighted by atomic mass is 10.2. The molecular weight excluding hydrogens is 278 g/mol. The fourth-order valence-corrected chi connectivity index (χ4v) is 1.49. The first-order valence-electron chi connectivity index (χ1n) is 5.91. The van der Waals surface area contributed by atoms with Gasteiger partial charge in [-0.25, -0.2) is 9.78 Å². The number of rotatable bonds is 2. The third-order valence-electron chi connectivity index (χ3n) is 1.91. The summed E-state index contributed by atoms with van der Waals surface area (Å²) in [7, 11) is 0. The number of thioether (sulfide) groups is 1. The monoisotopic (exact) mass is 295 g/mol. The van der Waals surface area contributed by atoms with Crippen LogP contribution in [0.1, 0.15) is 26.3 Å². The fraction of sp³-hybridized carbons (Fsp3) is 0.462. The number of aromatic nitrogens is 2. The summed E-state index contributed by atoms with van der Waals surface area (Å²) in [6.07, 6.45) is 2.68. The molecule has 0 aliphatic rings. The van der Waals surface area contributed by atoms with Crippen LogP contribution < -0.4 is 10.9 Å². The highest BCUT2D eigenvalue weighted by Gasteiger charge is 2.14. The first-order valence-corrected chi connectivity index (χ1v) is 7.13. The first-order chi connectivity index (χ1) is 9.31. The van der Waals surface area contributed by atoms with Crippen molar-refractivity contribution in [3.8, 4) is 11.8 Å². The van der Waals surface area contributed by atoms with E-state index in [1.165, 1.54) is 18.0 Å². The molecule has 20 heavy (non-hydrogen) atoms. The van der Waals surface area contributed by atoms with Gasteiger partial charge in [-0.2, -0.15) is 0 Å². The van der Waals surface area contributed by atoms with Crippen LogP contribution in [-0.4, -0.2) is 34.5 Å². The molecule has 7 heteroatoms. The van der Waals surface area contributed by atoms with Gasteiger partial charge in [-0.3, -0.25) is 4.79 Å². The Balaban J connectivity index is 2.55. The lowest BCUT2D eigenvalue weighted by Gasteiger charge is -2.18. The quantitative estimate of drug-likeness (QED) is 0.489. The van der Waals surface area contributed by atoms with Gasteiger partial charge in [0, 0.05) is 0 Å². The average Bonchev–Trinajstić information content (AvgIpc) is 2.33. The van der Waals surface area contributed by atoms with Gasteiger partial charge >= 0.3 is 6.09 Å². The van der Waals surface area contributed by atoms with Gasteiger partial charge in [-0.1, -0.05) is 23.6 Å². The van der Waals surface area contributed by atoms with Crippen LogP contribution in [0.15, 0.2) is 16.1 Å². The highest BCUT2D eigenvalue weighted by Crippen LogP contribution is 2.06. The zero-order chi connectivity index (χ0) is 15.2. The van der Waals surface area contributed by atoms with Gasteiger partial charge in [-0.05, 0) is 27.0 Å². The molecule has 1 aromatic heterocycles. The topological polar surface area (TPSA) is 84.1 Å². The minimum absolute atomic E-state index is 0.0959. The smallest absolute Gasteiger partial charge is 0.408 e. The molecule has 0 fully saturated rings. The zero-order valence-electron chi connectivity index (χ0n) is 11.9. The Labute approximate surface area is 121 Å². The van der Waals surface area contributed by atoms with Crippen LogP contribution in [0.5, 0.6) is 0 Å². The lowest BCUT2D eigenvalue weighted by molar-refractivity contribution is 0.0535. The molecule has 0 aromatic carbocycles. The van der Waals surface area contributed by atoms with Crippen LogP contribution >= 0.6 is 11.8 Å². The second-order valence-electron chi connectivity index (χ2n) is 4.79. The number of carbonyl (C=O) groups is 1. The fourth-order valence-electron chi connectivity index (χ4n) is 1.14. The van der Waals surface area contributed by atoms with Crippen LogP contribution in [0.3, 0.4) is 0 Å². The largest absolute Gasteiger partial charge is 0.444 e. The highest BCUT2D eigenvalue weighted by molar-refractivity contribution is 7.98. The van der Waals surface area contributed by atoms with Crippen LogP contribution in [0, 0.1) is 11.8 Å². The standard InChI is InChI=1S/C13H17N3O3S/c1-13(2,3)19-12(18)14-7-5-6-9-8-15-11(20-4)16-10(9)17/h8H,7H2,1-4H3,(H,14,18)(H,15,16,17). The summed E-state index contributed by atoms with van der Waals surface area (Å²) in [6, 6.07) is 0. The van der Waals surface area contributed by atoms with Crippen molar-refractivity contribution in [3.05, 3.63) is 22.1 Å². The number of carbonyl (C=O) groups excluding carboxylic acids is 1. The van der Waals surface area contributed by atoms with Crippen molar-refractivity contribution in [1.82, 2.24) is 15.3 Å². The molecule has 0 radical (unpaired) electrons. The van der Waals surface area contributed by atoms with Gasteiger partial charge in [0.15, 0.2) is 5.16 Å². The van der Waals surface area contributed by atoms with E-state index in [4.69, 9.17) is 4.74 Å². The molecule has 1 rings (SSSR count). The van der Waals surface area contributed by atoms with Crippen molar-refractivity contribution in [2.24, 2.45) is 0 Å². The van der Waals surface area contributed by atoms with Crippen molar-refractivity contribution in [2.45, 2.75) is 31.5 Å². The molecule has 0 bridgehead atoms. The van der Waals surface area contributed by atoms with Crippen molar-refractivity contribution in [2.75, 3.05) is 12.8 Å². The Morgan fingerprint density at radius 3 is 2.80 bits per heavy atom. The van der Waals surface area contributed by atoms with E-state index in [1.807, 2.05) is 6.26 Å². The maximum Gasteiger partial charge on any atom is 0.408 e. The maximum atomic E-state index is 11.6. The summed E-state index contributed by atoms with van der Waals surface area (Å²) in [4.78, 5) is 29.5. The third-order valence-corrected chi connectivity index (χ3v) is 2.51. The highest BCUT2D eigenvalue weighted by atomic mass is 32.2. The number of hydrogen-bond donors (Lipinski definition) is 2. The SMILES string of the molecule is CSc1ncc(C#CCNC(=O)OC(C)(C)C)c(=O)[nH]1. The Hall–Kier alpha value is -1.94. The van der Waals surface area contributed by atoms with Crippen molar-refractivity contribution >= 4 is 17.9 Å². The molecule has 108 valence electrons. The van der Waals surface area contributed by atoms with Gasteiger partial charge in [0.05, 0.1) is 12.7 Å². The van der Waals surface area contributed by atoms with E-state index in [1.54, 1.807) is 20.8 Å². The van der Waals surface area contributed by atoms with E-state index in [9.17, 15) is 9.59 Å². The Kier molecular flexibility index (Phi) is 5.65. The summed E-state index contributed by atoms with van der Waals surface area (Å²) in [5.41, 5.74) is -0.588. The molecule has 0 atom stereocenters. The third kappa shape index (κ3) is 5.80. The molecule has 1 amide bonds. The zero-order valence-corrected chi connectivity index (χ0v) is 12.7. The van der Waals surface area contributed by atoms with Gasteiger partial charge in [0.2, 0.25) is 0 Å². The van der Waals surface area contributed by atoms with E-state index in [0.29, 0.717) is 5.16 Å². The summed E-state index contributed by atoms with van der Waals surface area (Å²) in [6.45, 7) is 5.42. The second-order valence-corrected chi connectivity index (χ2v) is 5.59. The average molecular weight is 295 g/mol. The van der Waals surface area contributed by atoms with Gasteiger partial charge in [0.25, 0.3) is 5.56 Å². The Bertz CT molecular complexity index is 593. The van der Waals surface area contributed by atoms with Crippen LogP contribution in [0.2, 0.25) is 0 Å². The Morgan fingerprint density at radius 2 is 2.25 bits per heavy atom. The van der Waals surface area contributed by atoms with Crippen LogP contribution in [0.25, 0.3) is 0 Å². The van der Waals surface area contributed by atoms with Gasteiger partial charge in [0.1, 0.15) is 11.2 Å². The van der Waals surface area contributed by atoms with E-state index in [0.717, 1.165) is 0 Å². The molecular formula is C13H17N3O3S. The minimum Gasteiger partial charge on any atom is -0.444 e. The van der Waals surface area contributed by atoms with Crippen molar-refractivity contribution in [1.29, 1.82) is 0 Å². The maximum absolute atomic E-state index is 11.6. The van der Waals surface area contributed by atoms with Crippen molar-refractivity contribution in [3.63, 3.8) is 0 Å². The number of alkyl carbamates (subject to hydrolysis) is 1. The predicted molar refractivity (Wildman–Crippen MR) is 77.8 cm³/mol. The van der Waals surface area contributed by atoms with Crippen LogP contribution in [0.4, 0.5) is 4.79 Å². The molecule has 1 heterocycles. The van der Waals surface area contributed by atoms with E-state index in [2.05, 4.69) is 27.1 Å². The lowest BCUT2D eigenvalue weighted by Crippen LogP contribution is -2.32. The number of hydrogen-bond acceptors (Lipinski definition) is 5. The molecule has 1 aromatic rings. The van der Waals surface area contributed by atoms with E-state index >= 15 is 0 Å². The minimum atomic E-state index is -0.549. The second kappa shape index (κ2) is 7.01. The number of aromatic amines is 1. The molecule has 6 nitrogen and oxygen atoms in total.